The fourth-order valence-corrected chi connectivity index (χ4v) is 10.3. The van der Waals surface area contributed by atoms with Gasteiger partial charge in [0.1, 0.15) is 19.8 Å². The quantitative estimate of drug-likeness (QED) is 0.0211. The second-order valence-electron chi connectivity index (χ2n) is 24.9. The highest BCUT2D eigenvalue weighted by atomic mass is 31.2. The molecule has 10 heteroatoms. The summed E-state index contributed by atoms with van der Waals surface area (Å²) in [7, 11) is 1.46. The number of unbranched alkanes of at least 4 members (excludes halogenated alkanes) is 25. The maximum atomic E-state index is 12.9. The third-order valence-corrected chi connectivity index (χ3v) is 16.0. The Bertz CT molecular complexity index is 2080. The van der Waals surface area contributed by atoms with E-state index in [9.17, 15) is 19.0 Å². The Morgan fingerprint density at radius 2 is 0.600 bits per heavy atom. The number of phosphoric ester groups is 1. The van der Waals surface area contributed by atoms with Crippen LogP contribution >= 0.6 is 7.82 Å². The summed E-state index contributed by atoms with van der Waals surface area (Å²) in [6.45, 7) is 4.20. The number of carbonyl (C=O) groups excluding carboxylic acids is 2. The van der Waals surface area contributed by atoms with Crippen LogP contribution in [0.4, 0.5) is 0 Å². The van der Waals surface area contributed by atoms with Gasteiger partial charge in [0.25, 0.3) is 0 Å². The maximum Gasteiger partial charge on any atom is 0.472 e. The second kappa shape index (κ2) is 69.0. The summed E-state index contributed by atoms with van der Waals surface area (Å²) in [5.41, 5.74) is 0. The standard InChI is InChI=1S/C80H134NO8P/c1-6-8-10-12-14-16-18-20-22-24-26-28-30-32-34-36-38-39-40-41-43-44-46-48-50-52-54-56-58-60-62-64-66-68-70-72-79(82)86-76-78(77-88-90(84,85)87-75-74-81(3,4)5)89-80(83)73-71-69-67-65-63-61-59-57-55-53-51-49-47-45-42-37-35-33-31-29-27-25-23-21-19-17-15-13-11-9-7-2/h8-11,14-17,20-23,26-29,32-35,38-39,42,45,49,51,78H,6-7,12-13,18-19,24-25,30-31,36-37,40-41,43-44,46-48,50,52-77H2,1-5H3/p+1/b10-8-,11-9-,16-14-,17-15-,22-20-,23-21-,28-26-,29-27-,34-32-,35-33-,39-38-,45-42-,51-49-. The molecule has 0 bridgehead atoms. The molecular formula is C80H135NO8P+. The van der Waals surface area contributed by atoms with E-state index in [0.717, 1.165) is 128 Å². The molecule has 512 valence electrons. The average molecular weight is 1270 g/mol. The predicted octanol–water partition coefficient (Wildman–Crippen LogP) is 23.9. The lowest BCUT2D eigenvalue weighted by molar-refractivity contribution is -0.870. The second-order valence-corrected chi connectivity index (χ2v) is 26.3. The van der Waals surface area contributed by atoms with Crippen molar-refractivity contribution >= 4 is 19.8 Å². The first-order valence-corrected chi connectivity index (χ1v) is 37.7. The van der Waals surface area contributed by atoms with Gasteiger partial charge in [-0.3, -0.25) is 18.6 Å². The zero-order valence-electron chi connectivity index (χ0n) is 58.3. The minimum absolute atomic E-state index is 0.0238. The van der Waals surface area contributed by atoms with Crippen molar-refractivity contribution in [1.29, 1.82) is 0 Å². The highest BCUT2D eigenvalue weighted by Crippen LogP contribution is 2.43. The molecule has 0 fully saturated rings. The number of carbonyl (C=O) groups is 2. The van der Waals surface area contributed by atoms with Gasteiger partial charge in [0.05, 0.1) is 27.7 Å². The molecule has 0 aromatic heterocycles. The van der Waals surface area contributed by atoms with Gasteiger partial charge in [0, 0.05) is 12.8 Å². The summed E-state index contributed by atoms with van der Waals surface area (Å²) in [5.74, 6) is -0.807. The first kappa shape index (κ1) is 85.6. The maximum absolute atomic E-state index is 12.9. The average Bonchev–Trinajstić information content (AvgIpc) is 3.58. The zero-order valence-corrected chi connectivity index (χ0v) is 59.2. The van der Waals surface area contributed by atoms with Gasteiger partial charge < -0.3 is 18.9 Å². The Labute approximate surface area is 554 Å². The van der Waals surface area contributed by atoms with Crippen LogP contribution in [0.25, 0.3) is 0 Å². The highest BCUT2D eigenvalue weighted by molar-refractivity contribution is 7.47. The summed E-state index contributed by atoms with van der Waals surface area (Å²) < 4.78 is 34.7. The molecule has 0 saturated heterocycles. The smallest absolute Gasteiger partial charge is 0.462 e. The van der Waals surface area contributed by atoms with E-state index in [1.165, 1.54) is 122 Å². The molecule has 0 heterocycles. The minimum Gasteiger partial charge on any atom is -0.462 e. The SMILES string of the molecule is CC/C=C\C/C=C\C/C=C\C/C=C\C/C=C\C/C=C\C/C=C\CCCCCCCCCCCC(=O)OC(COC(=O)CCCCCCCCCCCCCCCCCC/C=C\C/C=C\C/C=C\C/C=C\C/C=C\C/C=C\CC)COP(=O)(O)OCC[N+](C)(C)C. The van der Waals surface area contributed by atoms with Crippen molar-refractivity contribution in [3.63, 3.8) is 0 Å². The van der Waals surface area contributed by atoms with Crippen LogP contribution in [0.1, 0.15) is 284 Å². The Kier molecular flexibility index (Phi) is 65.6. The number of ether oxygens (including phenoxy) is 2. The summed E-state index contributed by atoms with van der Waals surface area (Å²) in [6.07, 6.45) is 103. The number of esters is 2. The van der Waals surface area contributed by atoms with Crippen LogP contribution in [0, 0.1) is 0 Å². The number of nitrogens with zero attached hydrogens (tertiary/aromatic N) is 1. The topological polar surface area (TPSA) is 108 Å². The third-order valence-electron chi connectivity index (χ3n) is 15.1. The van der Waals surface area contributed by atoms with Crippen molar-refractivity contribution in [2.24, 2.45) is 0 Å². The van der Waals surface area contributed by atoms with Crippen molar-refractivity contribution in [2.45, 2.75) is 290 Å². The largest absolute Gasteiger partial charge is 0.472 e. The molecule has 0 aliphatic heterocycles. The van der Waals surface area contributed by atoms with Crippen LogP contribution in [0.3, 0.4) is 0 Å². The Morgan fingerprint density at radius 1 is 0.344 bits per heavy atom. The number of likely N-dealkylation sites (N-methyl/N-ethyl adjacent to an activating group) is 1. The van der Waals surface area contributed by atoms with E-state index in [1.807, 2.05) is 21.1 Å². The fourth-order valence-electron chi connectivity index (χ4n) is 9.59. The number of hydrogen-bond donors (Lipinski definition) is 1. The molecule has 0 aliphatic rings. The lowest BCUT2D eigenvalue weighted by Crippen LogP contribution is -2.37. The van der Waals surface area contributed by atoms with E-state index in [1.54, 1.807) is 0 Å². The zero-order chi connectivity index (χ0) is 65.5. The molecule has 0 spiro atoms. The highest BCUT2D eigenvalue weighted by Gasteiger charge is 2.27. The summed E-state index contributed by atoms with van der Waals surface area (Å²) >= 11 is 0. The molecule has 2 unspecified atom stereocenters. The van der Waals surface area contributed by atoms with E-state index >= 15 is 0 Å². The van der Waals surface area contributed by atoms with Gasteiger partial charge in [-0.05, 0) is 122 Å². The lowest BCUT2D eigenvalue weighted by Gasteiger charge is -2.24. The normalized spacial score (nSPS) is 14.1. The molecule has 0 amide bonds. The molecule has 2 atom stereocenters. The van der Waals surface area contributed by atoms with Crippen molar-refractivity contribution < 1.29 is 42.1 Å². The number of phosphoric acid groups is 1. The molecule has 90 heavy (non-hydrogen) atoms. The first-order chi connectivity index (χ1) is 44.0. The van der Waals surface area contributed by atoms with Crippen molar-refractivity contribution in [3.8, 4) is 0 Å². The summed E-state index contributed by atoms with van der Waals surface area (Å²) in [5, 5.41) is 0. The van der Waals surface area contributed by atoms with E-state index in [0.29, 0.717) is 17.4 Å². The summed E-state index contributed by atoms with van der Waals surface area (Å²) in [4.78, 5) is 35.9. The third kappa shape index (κ3) is 72.7. The van der Waals surface area contributed by atoms with Gasteiger partial charge in [0.15, 0.2) is 6.10 Å². The van der Waals surface area contributed by atoms with Crippen LogP contribution in [0.15, 0.2) is 158 Å². The Morgan fingerprint density at radius 3 is 0.889 bits per heavy atom. The number of allylic oxidation sites excluding steroid dienone is 26. The van der Waals surface area contributed by atoms with E-state index in [2.05, 4.69) is 172 Å². The Hall–Kier alpha value is -4.37. The van der Waals surface area contributed by atoms with Gasteiger partial charge in [-0.15, -0.1) is 0 Å². The monoisotopic (exact) mass is 1270 g/mol. The van der Waals surface area contributed by atoms with Gasteiger partial charge in [-0.1, -0.05) is 307 Å². The molecule has 9 nitrogen and oxygen atoms in total. The van der Waals surface area contributed by atoms with Gasteiger partial charge in [0.2, 0.25) is 0 Å². The molecule has 1 N–H and O–H groups in total. The van der Waals surface area contributed by atoms with E-state index in [-0.39, 0.29) is 32.0 Å². The number of hydrogen-bond acceptors (Lipinski definition) is 7. The van der Waals surface area contributed by atoms with Crippen molar-refractivity contribution in [1.82, 2.24) is 0 Å². The molecule has 0 aromatic rings. The minimum atomic E-state index is -4.40. The summed E-state index contributed by atoms with van der Waals surface area (Å²) in [6, 6.07) is 0. The van der Waals surface area contributed by atoms with Gasteiger partial charge in [-0.25, -0.2) is 4.57 Å². The van der Waals surface area contributed by atoms with Crippen molar-refractivity contribution in [3.05, 3.63) is 158 Å². The number of quaternary nitrogens is 1. The van der Waals surface area contributed by atoms with Crippen molar-refractivity contribution in [2.75, 3.05) is 47.5 Å². The molecule has 0 saturated carbocycles. The lowest BCUT2D eigenvalue weighted by atomic mass is 10.0. The fraction of sp³-hybridized carbons (Fsp3) is 0.650. The molecule has 0 aromatic carbocycles. The first-order valence-electron chi connectivity index (χ1n) is 36.2. The van der Waals surface area contributed by atoms with Gasteiger partial charge >= 0.3 is 19.8 Å². The van der Waals surface area contributed by atoms with Crippen LogP contribution in [-0.2, 0) is 32.7 Å². The van der Waals surface area contributed by atoms with E-state index in [4.69, 9.17) is 18.5 Å². The van der Waals surface area contributed by atoms with Crippen LogP contribution < -0.4 is 0 Å². The molecular weight excluding hydrogens is 1130 g/mol. The number of rotatable bonds is 65. The Balaban J connectivity index is 4.08. The van der Waals surface area contributed by atoms with E-state index < -0.39 is 26.5 Å². The van der Waals surface area contributed by atoms with Crippen LogP contribution in [0.5, 0.6) is 0 Å². The van der Waals surface area contributed by atoms with Gasteiger partial charge in [-0.2, -0.15) is 0 Å². The molecule has 0 rings (SSSR count). The van der Waals surface area contributed by atoms with Crippen LogP contribution in [0.2, 0.25) is 0 Å². The predicted molar refractivity (Wildman–Crippen MR) is 390 cm³/mol. The molecule has 0 aliphatic carbocycles. The van der Waals surface area contributed by atoms with Crippen LogP contribution in [-0.4, -0.2) is 74.9 Å². The molecule has 0 radical (unpaired) electrons.